The van der Waals surface area contributed by atoms with E-state index in [9.17, 15) is 0 Å². The molecule has 184 valence electrons. The summed E-state index contributed by atoms with van der Waals surface area (Å²) >= 11 is 1.73. The van der Waals surface area contributed by atoms with Crippen molar-refractivity contribution >= 4 is 33.0 Å². The molecule has 0 amide bonds. The van der Waals surface area contributed by atoms with Gasteiger partial charge < -0.3 is 0 Å². The quantitative estimate of drug-likeness (QED) is 0.213. The first-order valence-electron chi connectivity index (χ1n) is 12.8. The van der Waals surface area contributed by atoms with E-state index in [1.54, 1.807) is 11.3 Å². The van der Waals surface area contributed by atoms with Crippen LogP contribution in [0.4, 0.5) is 5.69 Å². The Morgan fingerprint density at radius 3 is 2.08 bits per heavy atom. The number of hydrogen-bond acceptors (Lipinski definition) is 3. The van der Waals surface area contributed by atoms with E-state index in [2.05, 4.69) is 130 Å². The lowest BCUT2D eigenvalue weighted by molar-refractivity contribution is 1.38. The summed E-state index contributed by atoms with van der Waals surface area (Å²) < 4.78 is 1.21. The van der Waals surface area contributed by atoms with Gasteiger partial charge in [0.1, 0.15) is 5.01 Å². The molecule has 0 atom stereocenters. The first-order valence-corrected chi connectivity index (χ1v) is 13.7. The van der Waals surface area contributed by atoms with E-state index in [4.69, 9.17) is 9.98 Å². The third-order valence-electron chi connectivity index (χ3n) is 7.01. The Balaban J connectivity index is 1.33. The van der Waals surface area contributed by atoms with Gasteiger partial charge in [-0.2, -0.15) is 0 Å². The van der Waals surface area contributed by atoms with Crippen molar-refractivity contribution in [1.29, 1.82) is 0 Å². The van der Waals surface area contributed by atoms with E-state index in [1.807, 2.05) is 6.07 Å². The average molecular weight is 509 g/mol. The van der Waals surface area contributed by atoms with Crippen LogP contribution in [0, 0.1) is 13.8 Å². The minimum Gasteiger partial charge on any atom is -0.253 e. The van der Waals surface area contributed by atoms with Gasteiger partial charge in [-0.1, -0.05) is 97.1 Å². The molecule has 0 N–H and O–H groups in total. The van der Waals surface area contributed by atoms with Crippen LogP contribution in [0.5, 0.6) is 0 Å². The maximum atomic E-state index is 5.13. The number of rotatable bonds is 5. The lowest BCUT2D eigenvalue weighted by Gasteiger charge is -2.13. The zero-order valence-corrected chi connectivity index (χ0v) is 22.6. The lowest BCUT2D eigenvalue weighted by Crippen LogP contribution is -1.99. The second-order valence-electron chi connectivity index (χ2n) is 9.62. The highest BCUT2D eigenvalue weighted by Crippen LogP contribution is 2.34. The molecule has 5 aromatic carbocycles. The second-order valence-corrected chi connectivity index (χ2v) is 10.7. The molecule has 0 radical (unpaired) electrons. The van der Waals surface area contributed by atoms with Crippen LogP contribution in [-0.4, -0.2) is 10.7 Å². The first kappa shape index (κ1) is 24.0. The van der Waals surface area contributed by atoms with Crippen molar-refractivity contribution in [2.45, 2.75) is 20.8 Å². The van der Waals surface area contributed by atoms with Gasteiger partial charge >= 0.3 is 0 Å². The van der Waals surface area contributed by atoms with E-state index in [0.29, 0.717) is 0 Å². The van der Waals surface area contributed by atoms with E-state index in [1.165, 1.54) is 27.0 Å². The number of para-hydroxylation sites is 1. The Kier molecular flexibility index (Phi) is 6.45. The van der Waals surface area contributed by atoms with E-state index >= 15 is 0 Å². The highest BCUT2D eigenvalue weighted by Gasteiger charge is 2.11. The summed E-state index contributed by atoms with van der Waals surface area (Å²) in [7, 11) is 0. The molecule has 1 aromatic heterocycles. The van der Waals surface area contributed by atoms with Gasteiger partial charge in [0.25, 0.3) is 0 Å². The molecule has 0 bridgehead atoms. The highest BCUT2D eigenvalue weighted by molar-refractivity contribution is 7.21. The molecule has 6 rings (SSSR count). The van der Waals surface area contributed by atoms with Gasteiger partial charge in [-0.05, 0) is 72.4 Å². The predicted octanol–water partition coefficient (Wildman–Crippen LogP) is 10.1. The fourth-order valence-electron chi connectivity index (χ4n) is 4.86. The summed E-state index contributed by atoms with van der Waals surface area (Å²) in [6.45, 7) is 6.39. The summed E-state index contributed by atoms with van der Waals surface area (Å²) in [5.41, 5.74) is 12.6. The molecule has 0 fully saturated rings. The van der Waals surface area contributed by atoms with Gasteiger partial charge in [-0.15, -0.1) is 11.3 Å². The van der Waals surface area contributed by atoms with Gasteiger partial charge in [0.2, 0.25) is 0 Å². The zero-order valence-electron chi connectivity index (χ0n) is 21.8. The first-order chi connectivity index (χ1) is 18.6. The number of benzene rings is 5. The molecule has 38 heavy (non-hydrogen) atoms. The Bertz CT molecular complexity index is 1760. The Hall–Kier alpha value is -4.34. The minimum absolute atomic E-state index is 0.995. The van der Waals surface area contributed by atoms with Crippen molar-refractivity contribution < 1.29 is 0 Å². The third-order valence-corrected chi connectivity index (χ3v) is 8.09. The number of nitrogens with zero attached hydrogens (tertiary/aromatic N) is 2. The maximum Gasteiger partial charge on any atom is 0.124 e. The highest BCUT2D eigenvalue weighted by atomic mass is 32.1. The average Bonchev–Trinajstić information content (AvgIpc) is 3.39. The smallest absolute Gasteiger partial charge is 0.124 e. The van der Waals surface area contributed by atoms with Crippen molar-refractivity contribution in [1.82, 2.24) is 4.98 Å². The SMILES string of the molecule is C/C(=N\c1cc(-c2ccc(-c3nc4ccccc4s3)cc2)ccc1C)c1ccccc1-c1ccccc1C. The Morgan fingerprint density at radius 1 is 0.632 bits per heavy atom. The van der Waals surface area contributed by atoms with Crippen molar-refractivity contribution in [2.75, 3.05) is 0 Å². The standard InChI is InChI=1S/C35H28N2S/c1-23-10-4-5-11-29(23)31-13-7-6-12-30(31)25(3)36-33-22-28(17-16-24(33)2)26-18-20-27(21-19-26)35-37-32-14-8-9-15-34(32)38-35/h4-22H,1-3H3/b36-25+. The fourth-order valence-corrected chi connectivity index (χ4v) is 5.83. The summed E-state index contributed by atoms with van der Waals surface area (Å²) in [5, 5.41) is 1.05. The van der Waals surface area contributed by atoms with E-state index in [0.717, 1.165) is 44.2 Å². The molecule has 1 heterocycles. The topological polar surface area (TPSA) is 25.2 Å². The van der Waals surface area contributed by atoms with Crippen LogP contribution in [0.1, 0.15) is 23.6 Å². The Labute approximate surface area is 228 Å². The van der Waals surface area contributed by atoms with Crippen molar-refractivity contribution in [2.24, 2.45) is 4.99 Å². The minimum atomic E-state index is 0.995. The van der Waals surface area contributed by atoms with E-state index in [-0.39, 0.29) is 0 Å². The molecular weight excluding hydrogens is 480 g/mol. The number of aryl methyl sites for hydroxylation is 2. The second kappa shape index (κ2) is 10.2. The fraction of sp³-hybridized carbons (Fsp3) is 0.0857. The van der Waals surface area contributed by atoms with Crippen LogP contribution in [0.15, 0.2) is 120 Å². The molecule has 3 heteroatoms. The number of aromatic nitrogens is 1. The molecule has 0 unspecified atom stereocenters. The number of hydrogen-bond donors (Lipinski definition) is 0. The number of thiazole rings is 1. The molecule has 2 nitrogen and oxygen atoms in total. The Morgan fingerprint density at radius 2 is 1.29 bits per heavy atom. The molecule has 0 saturated carbocycles. The summed E-state index contributed by atoms with van der Waals surface area (Å²) in [5.74, 6) is 0. The van der Waals surface area contributed by atoms with Crippen molar-refractivity contribution in [3.8, 4) is 32.8 Å². The molecular formula is C35H28N2S. The summed E-state index contributed by atoms with van der Waals surface area (Å²) in [6, 6.07) is 40.6. The lowest BCUT2D eigenvalue weighted by atomic mass is 9.94. The van der Waals surface area contributed by atoms with Gasteiger partial charge in [-0.3, -0.25) is 4.99 Å². The summed E-state index contributed by atoms with van der Waals surface area (Å²) in [4.78, 5) is 9.94. The van der Waals surface area contributed by atoms with Crippen LogP contribution in [0.3, 0.4) is 0 Å². The summed E-state index contributed by atoms with van der Waals surface area (Å²) in [6.07, 6.45) is 0. The van der Waals surface area contributed by atoms with Gasteiger partial charge in [-0.25, -0.2) is 4.98 Å². The molecule has 0 spiro atoms. The van der Waals surface area contributed by atoms with Crippen LogP contribution in [0.2, 0.25) is 0 Å². The van der Waals surface area contributed by atoms with Gasteiger partial charge in [0.05, 0.1) is 15.9 Å². The van der Waals surface area contributed by atoms with Crippen LogP contribution in [-0.2, 0) is 0 Å². The van der Waals surface area contributed by atoms with Crippen LogP contribution >= 0.6 is 11.3 Å². The number of fused-ring (bicyclic) bond motifs is 1. The molecule has 0 aliphatic heterocycles. The van der Waals surface area contributed by atoms with E-state index < -0.39 is 0 Å². The monoisotopic (exact) mass is 508 g/mol. The molecule has 0 aliphatic rings. The third kappa shape index (κ3) is 4.69. The van der Waals surface area contributed by atoms with Gasteiger partial charge in [0, 0.05) is 16.8 Å². The zero-order chi connectivity index (χ0) is 26.1. The molecule has 0 saturated heterocycles. The molecule has 6 aromatic rings. The normalized spacial score (nSPS) is 11.7. The van der Waals surface area contributed by atoms with Crippen LogP contribution < -0.4 is 0 Å². The largest absolute Gasteiger partial charge is 0.253 e. The maximum absolute atomic E-state index is 5.13. The van der Waals surface area contributed by atoms with Crippen molar-refractivity contribution in [3.05, 3.63) is 132 Å². The van der Waals surface area contributed by atoms with Crippen molar-refractivity contribution in [3.63, 3.8) is 0 Å². The van der Waals surface area contributed by atoms with Gasteiger partial charge in [0.15, 0.2) is 0 Å². The predicted molar refractivity (Wildman–Crippen MR) is 164 cm³/mol. The molecule has 0 aliphatic carbocycles. The van der Waals surface area contributed by atoms with Crippen LogP contribution in [0.25, 0.3) is 43.0 Å². The number of aliphatic imine (C=N–C) groups is 1.